The van der Waals surface area contributed by atoms with Crippen LogP contribution >= 0.6 is 24.0 Å². The van der Waals surface area contributed by atoms with Crippen LogP contribution in [0.2, 0.25) is 0 Å². The Bertz CT molecular complexity index is 777. The first-order valence-electron chi connectivity index (χ1n) is 9.49. The minimum atomic E-state index is 0. The van der Waals surface area contributed by atoms with E-state index in [-0.39, 0.29) is 35.8 Å². The first-order chi connectivity index (χ1) is 13.2. The van der Waals surface area contributed by atoms with E-state index in [2.05, 4.69) is 25.9 Å². The fraction of sp³-hybridized carbons (Fsp3) is 0.381. The number of nitrogens with zero attached hydrogens (tertiary/aromatic N) is 2. The monoisotopic (exact) mass is 493 g/mol. The Balaban J connectivity index is 0.00000280. The highest BCUT2D eigenvalue weighted by molar-refractivity contribution is 14.0. The van der Waals surface area contributed by atoms with Gasteiger partial charge in [-0.1, -0.05) is 24.6 Å². The van der Waals surface area contributed by atoms with Crippen molar-refractivity contribution >= 4 is 41.5 Å². The zero-order valence-electron chi connectivity index (χ0n) is 16.1. The van der Waals surface area contributed by atoms with Crippen LogP contribution in [0.3, 0.4) is 0 Å². The van der Waals surface area contributed by atoms with E-state index in [9.17, 15) is 4.79 Å². The van der Waals surface area contributed by atoms with Gasteiger partial charge in [-0.3, -0.25) is 14.8 Å². The molecule has 0 radical (unpaired) electrons. The van der Waals surface area contributed by atoms with Gasteiger partial charge in [-0.15, -0.1) is 24.0 Å². The lowest BCUT2D eigenvalue weighted by atomic mass is 9.85. The number of pyridine rings is 1. The molecular weight excluding hydrogens is 465 g/mol. The van der Waals surface area contributed by atoms with Gasteiger partial charge in [-0.25, -0.2) is 0 Å². The fourth-order valence-electron chi connectivity index (χ4n) is 2.94. The largest absolute Gasteiger partial charge is 0.356 e. The Kier molecular flexibility index (Phi) is 9.19. The molecular formula is C21H28IN5O. The van der Waals surface area contributed by atoms with E-state index in [1.807, 2.05) is 42.5 Å². The molecule has 1 aliphatic carbocycles. The zero-order valence-corrected chi connectivity index (χ0v) is 18.5. The second-order valence-corrected chi connectivity index (χ2v) is 6.74. The van der Waals surface area contributed by atoms with Crippen LogP contribution in [0.1, 0.15) is 30.5 Å². The molecule has 2 aromatic rings. The molecule has 0 bridgehead atoms. The molecule has 0 saturated heterocycles. The van der Waals surface area contributed by atoms with Crippen LogP contribution in [-0.4, -0.2) is 30.4 Å². The van der Waals surface area contributed by atoms with Gasteiger partial charge in [-0.05, 0) is 42.7 Å². The standard InChI is InChI=1S/C21H27N5O.HI/c1-22-21(24-13-11-18-9-2-3-12-23-18)25-15-16-6-4-10-19(14-16)26-20(27)17-7-5-8-17;/h2-4,6,9-10,12,14,17H,5,7-8,11,13,15H2,1H3,(H,26,27)(H2,22,24,25);1H. The average molecular weight is 493 g/mol. The molecule has 28 heavy (non-hydrogen) atoms. The molecule has 7 heteroatoms. The third-order valence-electron chi connectivity index (χ3n) is 4.75. The molecule has 0 unspecified atom stereocenters. The van der Waals surface area contributed by atoms with Gasteiger partial charge in [0.05, 0.1) is 0 Å². The lowest BCUT2D eigenvalue weighted by Gasteiger charge is -2.24. The summed E-state index contributed by atoms with van der Waals surface area (Å²) in [6.45, 7) is 1.39. The van der Waals surface area contributed by atoms with Gasteiger partial charge < -0.3 is 16.0 Å². The molecule has 3 rings (SSSR count). The van der Waals surface area contributed by atoms with Gasteiger partial charge in [0.15, 0.2) is 5.96 Å². The second-order valence-electron chi connectivity index (χ2n) is 6.74. The van der Waals surface area contributed by atoms with Crippen LogP contribution in [0.25, 0.3) is 0 Å². The number of carbonyl (C=O) groups is 1. The first-order valence-corrected chi connectivity index (χ1v) is 9.49. The van der Waals surface area contributed by atoms with Crippen LogP contribution in [-0.2, 0) is 17.8 Å². The van der Waals surface area contributed by atoms with Crippen molar-refractivity contribution in [2.75, 3.05) is 18.9 Å². The van der Waals surface area contributed by atoms with Gasteiger partial charge in [0.2, 0.25) is 5.91 Å². The summed E-state index contributed by atoms with van der Waals surface area (Å²) in [5.41, 5.74) is 2.99. The summed E-state index contributed by atoms with van der Waals surface area (Å²) >= 11 is 0. The first kappa shape index (κ1) is 22.1. The molecule has 1 aromatic heterocycles. The number of nitrogens with one attached hydrogen (secondary N) is 3. The zero-order chi connectivity index (χ0) is 18.9. The Labute approximate surface area is 183 Å². The molecule has 1 amide bonds. The van der Waals surface area contributed by atoms with Crippen molar-refractivity contribution < 1.29 is 4.79 Å². The summed E-state index contributed by atoms with van der Waals surface area (Å²) in [6.07, 6.45) is 5.82. The lowest BCUT2D eigenvalue weighted by Crippen LogP contribution is -2.37. The van der Waals surface area contributed by atoms with E-state index >= 15 is 0 Å². The highest BCUT2D eigenvalue weighted by atomic mass is 127. The smallest absolute Gasteiger partial charge is 0.227 e. The third-order valence-corrected chi connectivity index (χ3v) is 4.75. The van der Waals surface area contributed by atoms with Crippen molar-refractivity contribution in [1.29, 1.82) is 0 Å². The van der Waals surface area contributed by atoms with E-state index in [1.165, 1.54) is 0 Å². The van der Waals surface area contributed by atoms with Crippen LogP contribution in [0.4, 0.5) is 5.69 Å². The molecule has 1 saturated carbocycles. The molecule has 0 atom stereocenters. The maximum Gasteiger partial charge on any atom is 0.227 e. The van der Waals surface area contributed by atoms with E-state index in [0.29, 0.717) is 6.54 Å². The molecule has 1 heterocycles. The third kappa shape index (κ3) is 6.78. The topological polar surface area (TPSA) is 78.4 Å². The van der Waals surface area contributed by atoms with Crippen molar-refractivity contribution in [1.82, 2.24) is 15.6 Å². The molecule has 1 aromatic carbocycles. The number of carbonyl (C=O) groups excluding carboxylic acids is 1. The number of hydrogen-bond donors (Lipinski definition) is 3. The normalized spacial score (nSPS) is 13.8. The van der Waals surface area contributed by atoms with Crippen LogP contribution in [0.5, 0.6) is 0 Å². The number of anilines is 1. The van der Waals surface area contributed by atoms with E-state index in [4.69, 9.17) is 0 Å². The highest BCUT2D eigenvalue weighted by Crippen LogP contribution is 2.27. The summed E-state index contributed by atoms with van der Waals surface area (Å²) in [4.78, 5) is 20.7. The Hall–Kier alpha value is -2.16. The van der Waals surface area contributed by atoms with Gasteiger partial charge >= 0.3 is 0 Å². The number of rotatable bonds is 7. The molecule has 6 nitrogen and oxygen atoms in total. The maximum atomic E-state index is 12.1. The lowest BCUT2D eigenvalue weighted by molar-refractivity contribution is -0.122. The van der Waals surface area contributed by atoms with Gasteiger partial charge in [0.1, 0.15) is 0 Å². The van der Waals surface area contributed by atoms with Gasteiger partial charge in [0, 0.05) is 50.1 Å². The van der Waals surface area contributed by atoms with Crippen LogP contribution in [0.15, 0.2) is 53.7 Å². The number of aliphatic imine (C=N–C) groups is 1. The average Bonchev–Trinajstić information content (AvgIpc) is 2.64. The summed E-state index contributed by atoms with van der Waals surface area (Å²) in [6, 6.07) is 13.9. The molecule has 0 aliphatic heterocycles. The Morgan fingerprint density at radius 2 is 2.04 bits per heavy atom. The van der Waals surface area contributed by atoms with E-state index in [0.717, 1.165) is 55.1 Å². The molecule has 0 spiro atoms. The predicted molar refractivity (Wildman–Crippen MR) is 124 cm³/mol. The Morgan fingerprint density at radius 3 is 2.71 bits per heavy atom. The Morgan fingerprint density at radius 1 is 1.18 bits per heavy atom. The summed E-state index contributed by atoms with van der Waals surface area (Å²) < 4.78 is 0. The summed E-state index contributed by atoms with van der Waals surface area (Å²) in [5, 5.41) is 9.62. The van der Waals surface area contributed by atoms with Crippen molar-refractivity contribution in [3.63, 3.8) is 0 Å². The fourth-order valence-corrected chi connectivity index (χ4v) is 2.94. The number of aromatic nitrogens is 1. The summed E-state index contributed by atoms with van der Waals surface area (Å²) in [7, 11) is 1.76. The molecule has 150 valence electrons. The number of halogens is 1. The van der Waals surface area contributed by atoms with Crippen LogP contribution < -0.4 is 16.0 Å². The van der Waals surface area contributed by atoms with Crippen LogP contribution in [0, 0.1) is 5.92 Å². The van der Waals surface area contributed by atoms with Crippen molar-refractivity contribution in [2.45, 2.75) is 32.2 Å². The van der Waals surface area contributed by atoms with E-state index in [1.54, 1.807) is 13.2 Å². The maximum absolute atomic E-state index is 12.1. The number of hydrogen-bond acceptors (Lipinski definition) is 3. The second kappa shape index (κ2) is 11.6. The highest BCUT2D eigenvalue weighted by Gasteiger charge is 2.25. The summed E-state index contributed by atoms with van der Waals surface area (Å²) in [5.74, 6) is 1.07. The van der Waals surface area contributed by atoms with E-state index < -0.39 is 0 Å². The van der Waals surface area contributed by atoms with Gasteiger partial charge in [0.25, 0.3) is 0 Å². The quantitative estimate of drug-likeness (QED) is 0.314. The SMILES string of the molecule is CN=C(NCCc1ccccn1)NCc1cccc(NC(=O)C2CCC2)c1.I. The number of guanidine groups is 1. The minimum absolute atomic E-state index is 0. The number of benzene rings is 1. The van der Waals surface area contributed by atoms with Gasteiger partial charge in [-0.2, -0.15) is 0 Å². The molecule has 1 fully saturated rings. The van der Waals surface area contributed by atoms with Crippen molar-refractivity contribution in [3.05, 3.63) is 59.9 Å². The minimum Gasteiger partial charge on any atom is -0.356 e. The molecule has 1 aliphatic rings. The van der Waals surface area contributed by atoms with Crippen molar-refractivity contribution in [2.24, 2.45) is 10.9 Å². The van der Waals surface area contributed by atoms with Crippen molar-refractivity contribution in [3.8, 4) is 0 Å². The predicted octanol–water partition coefficient (Wildman–Crippen LogP) is 3.35. The molecule has 3 N–H and O–H groups in total. The number of amides is 1.